The summed E-state index contributed by atoms with van der Waals surface area (Å²) in [4.78, 5) is 26.7. The van der Waals surface area contributed by atoms with Gasteiger partial charge in [0.15, 0.2) is 5.13 Å². The Hall–Kier alpha value is -2.91. The third kappa shape index (κ3) is 4.01. The zero-order valence-corrected chi connectivity index (χ0v) is 14.8. The number of halogens is 1. The van der Waals surface area contributed by atoms with Crippen molar-refractivity contribution in [3.8, 4) is 11.4 Å². The maximum Gasteiger partial charge on any atom is 0.259 e. The Morgan fingerprint density at radius 1 is 1.27 bits per heavy atom. The first-order valence-corrected chi connectivity index (χ1v) is 8.72. The van der Waals surface area contributed by atoms with E-state index in [4.69, 9.17) is 5.73 Å². The van der Waals surface area contributed by atoms with Gasteiger partial charge in [0.2, 0.25) is 0 Å². The number of anilines is 2. The van der Waals surface area contributed by atoms with E-state index in [0.717, 1.165) is 0 Å². The molecule has 7 nitrogen and oxygen atoms in total. The van der Waals surface area contributed by atoms with Crippen molar-refractivity contribution in [2.75, 3.05) is 30.4 Å². The second kappa shape index (κ2) is 7.98. The van der Waals surface area contributed by atoms with Crippen molar-refractivity contribution in [3.63, 3.8) is 0 Å². The summed E-state index contributed by atoms with van der Waals surface area (Å²) >= 11 is 1.32. The van der Waals surface area contributed by atoms with Crippen LogP contribution < -0.4 is 16.0 Å². The van der Waals surface area contributed by atoms with E-state index in [1.165, 1.54) is 46.8 Å². The molecular formula is C17H17FN6OS. The van der Waals surface area contributed by atoms with E-state index in [1.54, 1.807) is 13.1 Å². The number of hydrogen-bond acceptors (Lipinski definition) is 7. The Morgan fingerprint density at radius 3 is 2.77 bits per heavy atom. The van der Waals surface area contributed by atoms with Crippen molar-refractivity contribution in [1.29, 1.82) is 0 Å². The van der Waals surface area contributed by atoms with Gasteiger partial charge in [0, 0.05) is 37.1 Å². The van der Waals surface area contributed by atoms with Crippen LogP contribution >= 0.6 is 11.3 Å². The number of aromatic nitrogens is 3. The fourth-order valence-electron chi connectivity index (χ4n) is 2.20. The molecule has 0 radical (unpaired) electrons. The molecule has 0 spiro atoms. The largest absolute Gasteiger partial charge is 0.369 e. The van der Waals surface area contributed by atoms with Crippen molar-refractivity contribution < 1.29 is 9.18 Å². The molecule has 1 amide bonds. The average molecular weight is 372 g/mol. The Labute approximate surface area is 153 Å². The number of nitrogens with one attached hydrogen (secondary N) is 1. The molecule has 0 aliphatic rings. The minimum atomic E-state index is -0.386. The summed E-state index contributed by atoms with van der Waals surface area (Å²) in [5.41, 5.74) is 7.15. The third-order valence-corrected chi connectivity index (χ3v) is 4.47. The highest BCUT2D eigenvalue weighted by atomic mass is 32.1. The van der Waals surface area contributed by atoms with Gasteiger partial charge in [-0.3, -0.25) is 9.69 Å². The molecule has 26 heavy (non-hydrogen) atoms. The first-order chi connectivity index (χ1) is 12.6. The third-order valence-electron chi connectivity index (χ3n) is 3.55. The van der Waals surface area contributed by atoms with Gasteiger partial charge in [0.05, 0.1) is 5.69 Å². The number of hydrogen-bond donors (Lipinski definition) is 2. The second-order valence-electron chi connectivity index (χ2n) is 5.39. The number of rotatable bonds is 6. The number of carbonyl (C=O) groups is 1. The molecule has 134 valence electrons. The quantitative estimate of drug-likeness (QED) is 0.690. The predicted molar refractivity (Wildman–Crippen MR) is 99.8 cm³/mol. The highest BCUT2D eigenvalue weighted by Crippen LogP contribution is 2.27. The van der Waals surface area contributed by atoms with Crippen LogP contribution in [0.25, 0.3) is 11.4 Å². The van der Waals surface area contributed by atoms with E-state index in [-0.39, 0.29) is 11.7 Å². The summed E-state index contributed by atoms with van der Waals surface area (Å²) in [6, 6.07) is 7.18. The van der Waals surface area contributed by atoms with Gasteiger partial charge in [-0.1, -0.05) is 0 Å². The number of nitrogens with zero attached hydrogens (tertiary/aromatic N) is 4. The van der Waals surface area contributed by atoms with Crippen LogP contribution in [-0.2, 0) is 0 Å². The van der Waals surface area contributed by atoms with E-state index in [0.29, 0.717) is 41.0 Å². The molecule has 3 N–H and O–H groups in total. The SMILES string of the molecule is CN(C(=O)c1ccc(F)cc1)c1nc(-c2cc(NCCN)ncn2)cs1. The zero-order chi connectivity index (χ0) is 18.5. The Morgan fingerprint density at radius 2 is 2.04 bits per heavy atom. The highest BCUT2D eigenvalue weighted by molar-refractivity contribution is 7.14. The summed E-state index contributed by atoms with van der Waals surface area (Å²) in [6.45, 7) is 1.10. The number of amides is 1. The van der Waals surface area contributed by atoms with Gasteiger partial charge in [0.1, 0.15) is 23.7 Å². The summed E-state index contributed by atoms with van der Waals surface area (Å²) < 4.78 is 13.0. The van der Waals surface area contributed by atoms with Crippen molar-refractivity contribution in [1.82, 2.24) is 15.0 Å². The summed E-state index contributed by atoms with van der Waals surface area (Å²) in [7, 11) is 1.63. The van der Waals surface area contributed by atoms with Crippen LogP contribution in [0.3, 0.4) is 0 Å². The molecule has 0 saturated carbocycles. The van der Waals surface area contributed by atoms with Gasteiger partial charge >= 0.3 is 0 Å². The van der Waals surface area contributed by atoms with Gasteiger partial charge in [0.25, 0.3) is 5.91 Å². The van der Waals surface area contributed by atoms with Crippen molar-refractivity contribution in [3.05, 3.63) is 53.4 Å². The predicted octanol–water partition coefficient (Wildman–Crippen LogP) is 2.39. The average Bonchev–Trinajstić information content (AvgIpc) is 3.16. The van der Waals surface area contributed by atoms with Crippen LogP contribution in [0.2, 0.25) is 0 Å². The summed E-state index contributed by atoms with van der Waals surface area (Å²) in [5, 5.41) is 5.42. The molecule has 0 saturated heterocycles. The van der Waals surface area contributed by atoms with E-state index in [9.17, 15) is 9.18 Å². The number of thiazole rings is 1. The lowest BCUT2D eigenvalue weighted by Crippen LogP contribution is -2.26. The van der Waals surface area contributed by atoms with E-state index in [2.05, 4.69) is 20.3 Å². The van der Waals surface area contributed by atoms with Crippen LogP contribution in [-0.4, -0.2) is 41.0 Å². The van der Waals surface area contributed by atoms with Gasteiger partial charge < -0.3 is 11.1 Å². The Balaban J connectivity index is 1.78. The van der Waals surface area contributed by atoms with Crippen molar-refractivity contribution in [2.24, 2.45) is 5.73 Å². The van der Waals surface area contributed by atoms with Gasteiger partial charge in [-0.25, -0.2) is 19.3 Å². The van der Waals surface area contributed by atoms with E-state index in [1.807, 2.05) is 5.38 Å². The normalized spacial score (nSPS) is 10.6. The molecule has 0 unspecified atom stereocenters. The number of nitrogens with two attached hydrogens (primary N) is 1. The van der Waals surface area contributed by atoms with Crippen LogP contribution in [0.1, 0.15) is 10.4 Å². The first kappa shape index (κ1) is 17.9. The minimum absolute atomic E-state index is 0.265. The van der Waals surface area contributed by atoms with E-state index >= 15 is 0 Å². The second-order valence-corrected chi connectivity index (χ2v) is 6.23. The molecule has 0 aliphatic heterocycles. The smallest absolute Gasteiger partial charge is 0.259 e. The summed E-state index contributed by atoms with van der Waals surface area (Å²) in [5.74, 6) is 0.00757. The molecule has 0 atom stereocenters. The van der Waals surface area contributed by atoms with Crippen LogP contribution in [0.15, 0.2) is 42.0 Å². The molecule has 9 heteroatoms. The van der Waals surface area contributed by atoms with Crippen molar-refractivity contribution in [2.45, 2.75) is 0 Å². The number of benzene rings is 1. The summed E-state index contributed by atoms with van der Waals surface area (Å²) in [6.07, 6.45) is 1.45. The minimum Gasteiger partial charge on any atom is -0.369 e. The lowest BCUT2D eigenvalue weighted by molar-refractivity contribution is 0.0993. The standard InChI is InChI=1S/C17H17FN6OS/c1-24(16(25)11-2-4-12(18)5-3-11)17-23-14(9-26-17)13-8-15(20-7-6-19)22-10-21-13/h2-5,8-10H,6-7,19H2,1H3,(H,20,21,22). The maximum absolute atomic E-state index is 13.0. The van der Waals surface area contributed by atoms with Crippen LogP contribution in [0.4, 0.5) is 15.3 Å². The van der Waals surface area contributed by atoms with Crippen LogP contribution in [0, 0.1) is 5.82 Å². The molecule has 1 aromatic carbocycles. The highest BCUT2D eigenvalue weighted by Gasteiger charge is 2.17. The molecule has 0 fully saturated rings. The Kier molecular flexibility index (Phi) is 5.49. The molecular weight excluding hydrogens is 355 g/mol. The Bertz CT molecular complexity index is 898. The molecule has 3 rings (SSSR count). The molecule has 0 aliphatic carbocycles. The van der Waals surface area contributed by atoms with Gasteiger partial charge in [-0.05, 0) is 24.3 Å². The molecule has 2 aromatic heterocycles. The first-order valence-electron chi connectivity index (χ1n) is 7.84. The maximum atomic E-state index is 13.0. The molecule has 0 bridgehead atoms. The topological polar surface area (TPSA) is 97.0 Å². The zero-order valence-electron chi connectivity index (χ0n) is 14.0. The van der Waals surface area contributed by atoms with Gasteiger partial charge in [-0.15, -0.1) is 11.3 Å². The van der Waals surface area contributed by atoms with Crippen LogP contribution in [0.5, 0.6) is 0 Å². The molecule has 2 heterocycles. The lowest BCUT2D eigenvalue weighted by Gasteiger charge is -2.13. The number of carbonyl (C=O) groups excluding carboxylic acids is 1. The van der Waals surface area contributed by atoms with E-state index < -0.39 is 0 Å². The molecule has 3 aromatic rings. The fraction of sp³-hybridized carbons (Fsp3) is 0.176. The fourth-order valence-corrected chi connectivity index (χ4v) is 2.99. The lowest BCUT2D eigenvalue weighted by atomic mass is 10.2. The van der Waals surface area contributed by atoms with Gasteiger partial charge in [-0.2, -0.15) is 0 Å². The monoisotopic (exact) mass is 372 g/mol. The van der Waals surface area contributed by atoms with Crippen molar-refractivity contribution >= 4 is 28.2 Å².